The summed E-state index contributed by atoms with van der Waals surface area (Å²) in [6.45, 7) is 9.09. The Hall–Kier alpha value is -3.03. The van der Waals surface area contributed by atoms with Crippen molar-refractivity contribution < 1.29 is 4.79 Å². The molecule has 1 amide bonds. The number of allylic oxidation sites excluding steroid dienone is 2. The average Bonchev–Trinajstić information content (AvgIpc) is 3.41. The van der Waals surface area contributed by atoms with Gasteiger partial charge in [0.2, 0.25) is 5.91 Å². The van der Waals surface area contributed by atoms with Gasteiger partial charge in [0.05, 0.1) is 23.0 Å². The number of anilines is 1. The zero-order valence-corrected chi connectivity index (χ0v) is 16.0. The van der Waals surface area contributed by atoms with Crippen LogP contribution >= 0.6 is 0 Å². The molecule has 0 spiro atoms. The normalized spacial score (nSPS) is 14.7. The third-order valence-corrected chi connectivity index (χ3v) is 3.85. The highest BCUT2D eigenvalue weighted by molar-refractivity contribution is 5.87. The van der Waals surface area contributed by atoms with E-state index in [9.17, 15) is 9.59 Å². The van der Waals surface area contributed by atoms with Crippen molar-refractivity contribution in [1.29, 1.82) is 0 Å². The second-order valence-electron chi connectivity index (χ2n) is 6.64. The molecule has 1 aromatic heterocycles. The third-order valence-electron chi connectivity index (χ3n) is 3.85. The first kappa shape index (κ1) is 20.3. The van der Waals surface area contributed by atoms with Crippen molar-refractivity contribution in [2.45, 2.75) is 52.1 Å². The van der Waals surface area contributed by atoms with Crippen molar-refractivity contribution in [3.05, 3.63) is 46.2 Å². The van der Waals surface area contributed by atoms with Gasteiger partial charge >= 0.3 is 0 Å². The number of aromatic nitrogens is 2. The molecule has 1 aliphatic rings. The van der Waals surface area contributed by atoms with Crippen molar-refractivity contribution >= 4 is 24.0 Å². The number of nitrogens with one attached hydrogen (secondary N) is 1. The van der Waals surface area contributed by atoms with E-state index in [-0.39, 0.29) is 29.9 Å². The Kier molecular flexibility index (Phi) is 6.81. The van der Waals surface area contributed by atoms with Gasteiger partial charge in [0, 0.05) is 12.4 Å². The summed E-state index contributed by atoms with van der Waals surface area (Å²) in [6, 6.07) is 0.259. The lowest BCUT2D eigenvalue weighted by Gasteiger charge is -2.14. The van der Waals surface area contributed by atoms with Crippen LogP contribution in [0.4, 0.5) is 5.69 Å². The predicted octanol–water partition coefficient (Wildman–Crippen LogP) is 1.76. The van der Waals surface area contributed by atoms with Crippen LogP contribution < -0.4 is 16.6 Å². The lowest BCUT2D eigenvalue weighted by atomic mass is 10.1. The van der Waals surface area contributed by atoms with E-state index in [1.807, 2.05) is 20.8 Å². The van der Waals surface area contributed by atoms with E-state index >= 15 is 0 Å². The Morgan fingerprint density at radius 2 is 2.19 bits per heavy atom. The molecule has 27 heavy (non-hydrogen) atoms. The average molecular weight is 370 g/mol. The molecule has 144 valence electrons. The highest BCUT2D eigenvalue weighted by Crippen LogP contribution is 2.24. The van der Waals surface area contributed by atoms with Crippen LogP contribution in [0.5, 0.6) is 0 Å². The summed E-state index contributed by atoms with van der Waals surface area (Å²) < 4.78 is 1.11. The fraction of sp³-hybridized carbons (Fsp3) is 0.421. The molecule has 1 heterocycles. The van der Waals surface area contributed by atoms with Gasteiger partial charge in [-0.25, -0.2) is 9.67 Å². The summed E-state index contributed by atoms with van der Waals surface area (Å²) in [5.74, 6) is -0.272. The Labute approximate surface area is 158 Å². The second kappa shape index (κ2) is 9.07. The van der Waals surface area contributed by atoms with E-state index < -0.39 is 11.5 Å². The van der Waals surface area contributed by atoms with Crippen LogP contribution in [-0.2, 0) is 11.3 Å². The molecular weight excluding hydrogens is 344 g/mol. The number of aliphatic imine (C=N–C) groups is 2. The summed E-state index contributed by atoms with van der Waals surface area (Å²) >= 11 is 0. The van der Waals surface area contributed by atoms with E-state index in [0.717, 1.165) is 17.5 Å². The van der Waals surface area contributed by atoms with Crippen molar-refractivity contribution in [3.63, 3.8) is 0 Å². The third kappa shape index (κ3) is 5.73. The Bertz CT molecular complexity index is 860. The quantitative estimate of drug-likeness (QED) is 0.679. The second-order valence-corrected chi connectivity index (χ2v) is 6.64. The van der Waals surface area contributed by atoms with Gasteiger partial charge in [0.15, 0.2) is 0 Å². The predicted molar refractivity (Wildman–Crippen MR) is 108 cm³/mol. The molecule has 1 aliphatic carbocycles. The number of hydrogen-bond acceptors (Lipinski definition) is 6. The molecular formula is C19H26N6O2. The summed E-state index contributed by atoms with van der Waals surface area (Å²) in [5.41, 5.74) is 6.84. The van der Waals surface area contributed by atoms with Gasteiger partial charge in [0.25, 0.3) is 5.56 Å². The van der Waals surface area contributed by atoms with Crippen molar-refractivity contribution in [3.8, 4) is 0 Å². The Morgan fingerprint density at radius 1 is 1.48 bits per heavy atom. The van der Waals surface area contributed by atoms with E-state index in [1.54, 1.807) is 12.2 Å². The number of nitrogen functional groups attached to an aromatic ring is 1. The van der Waals surface area contributed by atoms with Gasteiger partial charge in [0.1, 0.15) is 12.4 Å². The molecule has 1 aromatic rings. The van der Waals surface area contributed by atoms with Crippen molar-refractivity contribution in [2.24, 2.45) is 9.98 Å². The van der Waals surface area contributed by atoms with Crippen LogP contribution in [0.3, 0.4) is 0 Å². The van der Waals surface area contributed by atoms with E-state index in [2.05, 4.69) is 27.0 Å². The highest BCUT2D eigenvalue weighted by Gasteiger charge is 2.21. The maximum atomic E-state index is 12.7. The Balaban J connectivity index is 2.25. The van der Waals surface area contributed by atoms with Crippen molar-refractivity contribution in [1.82, 2.24) is 15.1 Å². The number of carbonyl (C=O) groups is 1. The first-order valence-electron chi connectivity index (χ1n) is 8.91. The molecule has 3 N–H and O–H groups in total. The fourth-order valence-corrected chi connectivity index (χ4v) is 2.27. The smallest absolute Gasteiger partial charge is 0.278 e. The standard InChI is InChI=1S/C19H26N6O2/c1-5-6-9-21-13(4)23-16(26)11-25-19(27)15(10-22-14-7-8-14)17(20)18(24-25)12(2)3/h5-6,9-10,12,14H,4,7-8,11,20H2,1-3H3,(H,23,26)/b6-5-,21-9-,22-10?. The SMILES string of the molecule is C=C(/N=C\C=C/C)NC(=O)Cn1nc(C(C)C)c(N)c(C=NC2CC2)c1=O. The molecule has 2 rings (SSSR count). The van der Waals surface area contributed by atoms with Gasteiger partial charge in [-0.1, -0.05) is 26.5 Å². The molecule has 0 bridgehead atoms. The molecule has 0 saturated heterocycles. The minimum absolute atomic E-state index is 0.00613. The molecule has 8 heteroatoms. The lowest BCUT2D eigenvalue weighted by molar-refractivity contribution is -0.121. The van der Waals surface area contributed by atoms with Gasteiger partial charge in [-0.15, -0.1) is 0 Å². The van der Waals surface area contributed by atoms with Crippen LogP contribution in [-0.4, -0.2) is 34.2 Å². The van der Waals surface area contributed by atoms with E-state index in [1.165, 1.54) is 12.4 Å². The first-order valence-corrected chi connectivity index (χ1v) is 8.91. The zero-order valence-electron chi connectivity index (χ0n) is 16.0. The zero-order chi connectivity index (χ0) is 20.0. The minimum atomic E-state index is -0.447. The fourth-order valence-electron chi connectivity index (χ4n) is 2.27. The molecule has 0 unspecified atom stereocenters. The molecule has 8 nitrogen and oxygen atoms in total. The monoisotopic (exact) mass is 370 g/mol. The van der Waals surface area contributed by atoms with Crippen LogP contribution in [0.25, 0.3) is 0 Å². The van der Waals surface area contributed by atoms with Gasteiger partial charge in [-0.2, -0.15) is 5.10 Å². The summed E-state index contributed by atoms with van der Waals surface area (Å²) in [4.78, 5) is 33.3. The maximum Gasteiger partial charge on any atom is 0.278 e. The molecule has 1 saturated carbocycles. The topological polar surface area (TPSA) is 115 Å². The first-order chi connectivity index (χ1) is 12.8. The van der Waals surface area contributed by atoms with Crippen LogP contribution in [0.15, 0.2) is 39.3 Å². The number of nitrogens with zero attached hydrogens (tertiary/aromatic N) is 4. The van der Waals surface area contributed by atoms with E-state index in [4.69, 9.17) is 5.73 Å². The maximum absolute atomic E-state index is 12.7. The molecule has 0 radical (unpaired) electrons. The lowest BCUT2D eigenvalue weighted by Crippen LogP contribution is -2.36. The van der Waals surface area contributed by atoms with E-state index in [0.29, 0.717) is 11.4 Å². The van der Waals surface area contributed by atoms with Gasteiger partial charge in [-0.3, -0.25) is 14.6 Å². The molecule has 0 aromatic carbocycles. The Morgan fingerprint density at radius 3 is 2.78 bits per heavy atom. The van der Waals surface area contributed by atoms with Crippen LogP contribution in [0, 0.1) is 0 Å². The summed E-state index contributed by atoms with van der Waals surface area (Å²) in [5, 5.41) is 6.80. The van der Waals surface area contributed by atoms with Crippen molar-refractivity contribution in [2.75, 3.05) is 5.73 Å². The number of carbonyl (C=O) groups excluding carboxylic acids is 1. The summed E-state index contributed by atoms with van der Waals surface area (Å²) in [6.07, 6.45) is 8.57. The number of rotatable bonds is 8. The molecule has 0 aliphatic heterocycles. The minimum Gasteiger partial charge on any atom is -0.396 e. The molecule has 1 fully saturated rings. The number of hydrogen-bond donors (Lipinski definition) is 2. The van der Waals surface area contributed by atoms with Crippen LogP contribution in [0.1, 0.15) is 50.8 Å². The number of nitrogens with two attached hydrogens (primary N) is 1. The van der Waals surface area contributed by atoms with Gasteiger partial charge < -0.3 is 11.1 Å². The molecule has 0 atom stereocenters. The number of amides is 1. The highest BCUT2D eigenvalue weighted by atomic mass is 16.2. The largest absolute Gasteiger partial charge is 0.396 e. The van der Waals surface area contributed by atoms with Crippen LogP contribution in [0.2, 0.25) is 0 Å². The summed E-state index contributed by atoms with van der Waals surface area (Å²) in [7, 11) is 0. The van der Waals surface area contributed by atoms with Gasteiger partial charge in [-0.05, 0) is 31.8 Å².